The van der Waals surface area contributed by atoms with Crippen LogP contribution in [0.25, 0.3) is 16.5 Å². The summed E-state index contributed by atoms with van der Waals surface area (Å²) >= 11 is 2.67. The summed E-state index contributed by atoms with van der Waals surface area (Å²) in [6.07, 6.45) is 0. The molecule has 0 radical (unpaired) electrons. The Morgan fingerprint density at radius 2 is 1.79 bits per heavy atom. The van der Waals surface area contributed by atoms with Gasteiger partial charge in [0, 0.05) is 11.3 Å². The minimum atomic E-state index is -1.01. The third-order valence-electron chi connectivity index (χ3n) is 7.15. The number of fused-ring (bicyclic) bond motifs is 1. The van der Waals surface area contributed by atoms with E-state index in [2.05, 4.69) is 34.5 Å². The van der Waals surface area contributed by atoms with Gasteiger partial charge in [0.05, 0.1) is 18.7 Å². The molecule has 1 aliphatic rings. The highest BCUT2D eigenvalue weighted by Crippen LogP contribution is 2.44. The molecular formula is C32H24FN3O4S2. The monoisotopic (exact) mass is 597 g/mol. The molecule has 1 aliphatic heterocycles. The van der Waals surface area contributed by atoms with Gasteiger partial charge in [-0.05, 0) is 52.6 Å². The molecule has 42 heavy (non-hydrogen) atoms. The molecule has 0 spiro atoms. The molecule has 0 saturated carbocycles. The van der Waals surface area contributed by atoms with E-state index in [4.69, 9.17) is 4.74 Å². The van der Waals surface area contributed by atoms with Crippen LogP contribution in [0.2, 0.25) is 0 Å². The second kappa shape index (κ2) is 11.4. The number of hydrogen-bond donors (Lipinski definition) is 1. The number of aliphatic hydroxyl groups is 1. The van der Waals surface area contributed by atoms with Crippen molar-refractivity contribution >= 4 is 56.5 Å². The second-order valence-corrected chi connectivity index (χ2v) is 11.9. The molecule has 5 aromatic rings. The van der Waals surface area contributed by atoms with Crippen molar-refractivity contribution in [1.29, 1.82) is 0 Å². The molecule has 1 N–H and O–H groups in total. The Hall–Kier alpha value is -4.54. The van der Waals surface area contributed by atoms with Crippen LogP contribution in [-0.4, -0.2) is 34.1 Å². The zero-order valence-electron chi connectivity index (χ0n) is 22.6. The largest absolute Gasteiger partial charge is 0.507 e. The van der Waals surface area contributed by atoms with Crippen LogP contribution in [0.1, 0.15) is 28.3 Å². The maximum absolute atomic E-state index is 14.4. The SMILES string of the molecule is COc1ccc(C2/C(=C(/O)c3ccc(C)c(F)c3)C(=O)C(=O)N2c2nnc(SCc3cccc4ccccc34)s2)cc1. The lowest BCUT2D eigenvalue weighted by Gasteiger charge is -2.22. The average molecular weight is 598 g/mol. The quantitative estimate of drug-likeness (QED) is 0.0706. The maximum atomic E-state index is 14.4. The topological polar surface area (TPSA) is 92.6 Å². The molecule has 2 heterocycles. The number of anilines is 1. The number of amides is 1. The highest BCUT2D eigenvalue weighted by atomic mass is 32.2. The summed E-state index contributed by atoms with van der Waals surface area (Å²) in [5, 5.41) is 22.4. The first-order valence-electron chi connectivity index (χ1n) is 13.0. The molecule has 4 aromatic carbocycles. The van der Waals surface area contributed by atoms with Crippen molar-refractivity contribution in [2.24, 2.45) is 0 Å². The van der Waals surface area contributed by atoms with Crippen molar-refractivity contribution in [3.63, 3.8) is 0 Å². The predicted molar refractivity (Wildman–Crippen MR) is 162 cm³/mol. The van der Waals surface area contributed by atoms with E-state index in [0.717, 1.165) is 22.4 Å². The summed E-state index contributed by atoms with van der Waals surface area (Å²) < 4.78 is 20.3. The van der Waals surface area contributed by atoms with Crippen molar-refractivity contribution in [2.45, 2.75) is 23.1 Å². The van der Waals surface area contributed by atoms with Crippen molar-refractivity contribution in [3.8, 4) is 5.75 Å². The van der Waals surface area contributed by atoms with Gasteiger partial charge in [-0.1, -0.05) is 89.8 Å². The minimum absolute atomic E-state index is 0.0956. The van der Waals surface area contributed by atoms with Crippen LogP contribution < -0.4 is 9.64 Å². The van der Waals surface area contributed by atoms with Crippen molar-refractivity contribution < 1.29 is 23.8 Å². The molecule has 7 nitrogen and oxygen atoms in total. The number of methoxy groups -OCH3 is 1. The van der Waals surface area contributed by atoms with Crippen LogP contribution in [0.5, 0.6) is 5.75 Å². The second-order valence-electron chi connectivity index (χ2n) is 9.68. The molecule has 6 rings (SSSR count). The fraction of sp³-hybridized carbons (Fsp3) is 0.125. The number of aryl methyl sites for hydroxylation is 1. The number of carbonyl (C=O) groups is 2. The number of halogens is 1. The minimum Gasteiger partial charge on any atom is -0.507 e. The van der Waals surface area contributed by atoms with Crippen molar-refractivity contribution in [3.05, 3.63) is 119 Å². The summed E-state index contributed by atoms with van der Waals surface area (Å²) in [6, 6.07) is 24.3. The fourth-order valence-corrected chi connectivity index (χ4v) is 6.81. The van der Waals surface area contributed by atoms with E-state index in [1.165, 1.54) is 47.2 Å². The van der Waals surface area contributed by atoms with Gasteiger partial charge >= 0.3 is 5.91 Å². The van der Waals surface area contributed by atoms with Crippen molar-refractivity contribution in [2.75, 3.05) is 12.0 Å². The molecule has 210 valence electrons. The first-order chi connectivity index (χ1) is 20.4. The lowest BCUT2D eigenvalue weighted by molar-refractivity contribution is -0.132. The Kier molecular flexibility index (Phi) is 7.49. The first kappa shape index (κ1) is 27.6. The smallest absolute Gasteiger partial charge is 0.301 e. The van der Waals surface area contributed by atoms with Crippen LogP contribution in [0, 0.1) is 12.7 Å². The number of hydrogen-bond acceptors (Lipinski definition) is 8. The van der Waals surface area contributed by atoms with Gasteiger partial charge in [0.2, 0.25) is 5.13 Å². The standard InChI is InChI=1S/C32H24FN3O4S2/c1-18-10-11-21(16-25(18)33)28(37)26-27(20-12-14-23(40-2)15-13-20)36(30(39)29(26)38)31-34-35-32(42-31)41-17-22-8-5-7-19-6-3-4-9-24(19)22/h3-16,27,37H,17H2,1-2H3/b28-26-. The van der Waals surface area contributed by atoms with Gasteiger partial charge in [0.15, 0.2) is 4.34 Å². The molecule has 1 saturated heterocycles. The van der Waals surface area contributed by atoms with Crippen LogP contribution in [0.4, 0.5) is 9.52 Å². The number of ketones is 1. The fourth-order valence-electron chi connectivity index (χ4n) is 4.94. The number of aliphatic hydroxyl groups excluding tert-OH is 1. The van der Waals surface area contributed by atoms with Gasteiger partial charge in [0.25, 0.3) is 5.78 Å². The Labute approximate surface area is 249 Å². The van der Waals surface area contributed by atoms with E-state index in [9.17, 15) is 19.1 Å². The molecule has 1 aromatic heterocycles. The Morgan fingerprint density at radius 1 is 1.02 bits per heavy atom. The summed E-state index contributed by atoms with van der Waals surface area (Å²) in [4.78, 5) is 28.2. The molecule has 10 heteroatoms. The average Bonchev–Trinajstić information content (AvgIpc) is 3.58. The number of nitrogens with zero attached hydrogens (tertiary/aromatic N) is 3. The molecule has 1 unspecified atom stereocenters. The molecule has 1 atom stereocenters. The van der Waals surface area contributed by atoms with Crippen LogP contribution in [0.3, 0.4) is 0 Å². The third-order valence-corrected chi connectivity index (χ3v) is 9.26. The normalized spacial score (nSPS) is 16.4. The van der Waals surface area contributed by atoms with Crippen LogP contribution in [-0.2, 0) is 15.3 Å². The van der Waals surface area contributed by atoms with E-state index in [-0.39, 0.29) is 16.3 Å². The van der Waals surface area contributed by atoms with E-state index in [1.807, 2.05) is 18.2 Å². The number of benzene rings is 4. The summed E-state index contributed by atoms with van der Waals surface area (Å²) in [6.45, 7) is 1.60. The molecule has 1 fully saturated rings. The zero-order valence-corrected chi connectivity index (χ0v) is 24.2. The molecule has 0 bridgehead atoms. The Balaban J connectivity index is 1.38. The number of rotatable bonds is 7. The summed E-state index contributed by atoms with van der Waals surface area (Å²) in [5.74, 6) is -1.53. The number of Topliss-reactive ketones (excluding diaryl/α,β-unsaturated/α-hetero) is 1. The highest BCUT2D eigenvalue weighted by Gasteiger charge is 2.48. The van der Waals surface area contributed by atoms with E-state index >= 15 is 0 Å². The number of aromatic nitrogens is 2. The van der Waals surface area contributed by atoms with Crippen LogP contribution in [0.15, 0.2) is 94.8 Å². The number of ether oxygens (including phenoxy) is 1. The van der Waals surface area contributed by atoms with Gasteiger partial charge in [-0.2, -0.15) is 0 Å². The zero-order chi connectivity index (χ0) is 29.4. The van der Waals surface area contributed by atoms with Gasteiger partial charge in [-0.3, -0.25) is 14.5 Å². The summed E-state index contributed by atoms with van der Waals surface area (Å²) in [5.41, 5.74) is 2.01. The van der Waals surface area contributed by atoms with Gasteiger partial charge < -0.3 is 9.84 Å². The first-order valence-corrected chi connectivity index (χ1v) is 14.8. The Morgan fingerprint density at radius 3 is 2.55 bits per heavy atom. The summed E-state index contributed by atoms with van der Waals surface area (Å²) in [7, 11) is 1.53. The third kappa shape index (κ3) is 5.03. The van der Waals surface area contributed by atoms with Crippen molar-refractivity contribution in [1.82, 2.24) is 10.2 Å². The lowest BCUT2D eigenvalue weighted by atomic mass is 9.95. The van der Waals surface area contributed by atoms with Crippen LogP contribution >= 0.6 is 23.1 Å². The molecule has 0 aliphatic carbocycles. The van der Waals surface area contributed by atoms with E-state index in [0.29, 0.717) is 27.0 Å². The van der Waals surface area contributed by atoms with E-state index in [1.54, 1.807) is 31.2 Å². The van der Waals surface area contributed by atoms with Gasteiger partial charge in [-0.25, -0.2) is 4.39 Å². The number of thioether (sulfide) groups is 1. The number of carbonyl (C=O) groups excluding carboxylic acids is 2. The molecule has 1 amide bonds. The Bertz CT molecular complexity index is 1860. The molecular weight excluding hydrogens is 574 g/mol. The predicted octanol–water partition coefficient (Wildman–Crippen LogP) is 7.07. The van der Waals surface area contributed by atoms with Gasteiger partial charge in [0.1, 0.15) is 17.3 Å². The van der Waals surface area contributed by atoms with Gasteiger partial charge in [-0.15, -0.1) is 10.2 Å². The lowest BCUT2D eigenvalue weighted by Crippen LogP contribution is -2.29. The van der Waals surface area contributed by atoms with E-state index < -0.39 is 29.3 Å². The highest BCUT2D eigenvalue weighted by molar-refractivity contribution is 8.00. The maximum Gasteiger partial charge on any atom is 0.301 e.